The predicted molar refractivity (Wildman–Crippen MR) is 171 cm³/mol. The van der Waals surface area contributed by atoms with Crippen molar-refractivity contribution in [3.63, 3.8) is 0 Å². The van der Waals surface area contributed by atoms with Crippen LogP contribution in [0.3, 0.4) is 0 Å². The van der Waals surface area contributed by atoms with Crippen molar-refractivity contribution in [3.05, 3.63) is 95.1 Å². The number of nitrogens with one attached hydrogen (secondary N) is 3. The van der Waals surface area contributed by atoms with Gasteiger partial charge in [-0.05, 0) is 67.8 Å². The Bertz CT molecular complexity index is 1480. The summed E-state index contributed by atoms with van der Waals surface area (Å²) >= 11 is 0. The molecule has 0 unspecified atom stereocenters. The number of benzene rings is 3. The average molecular weight is 625 g/mol. The lowest BCUT2D eigenvalue weighted by Crippen LogP contribution is -2.48. The largest absolute Gasteiger partial charge is 0.497 e. The third kappa shape index (κ3) is 9.88. The van der Waals surface area contributed by atoms with Gasteiger partial charge in [0.1, 0.15) is 5.75 Å². The van der Waals surface area contributed by atoms with E-state index in [0.717, 1.165) is 29.7 Å². The fraction of sp³-hybridized carbons (Fsp3) is 0.394. The van der Waals surface area contributed by atoms with E-state index in [4.69, 9.17) is 4.74 Å². The van der Waals surface area contributed by atoms with Gasteiger partial charge in [0, 0.05) is 37.3 Å². The minimum absolute atomic E-state index is 0.00669. The van der Waals surface area contributed by atoms with Crippen LogP contribution >= 0.6 is 0 Å². The van der Waals surface area contributed by atoms with Gasteiger partial charge in [0.15, 0.2) is 0 Å². The quantitative estimate of drug-likeness (QED) is 0.181. The molecular weight excluding hydrogens is 580 g/mol. The maximum absolute atomic E-state index is 13.7. The van der Waals surface area contributed by atoms with Crippen LogP contribution in [-0.2, 0) is 23.0 Å². The van der Waals surface area contributed by atoms with Gasteiger partial charge in [-0.15, -0.1) is 0 Å². The van der Waals surface area contributed by atoms with Gasteiger partial charge in [-0.3, -0.25) is 9.59 Å². The van der Waals surface area contributed by atoms with E-state index in [2.05, 4.69) is 15.4 Å². The zero-order valence-electron chi connectivity index (χ0n) is 25.9. The van der Waals surface area contributed by atoms with Crippen LogP contribution in [0, 0.1) is 0 Å². The highest BCUT2D eigenvalue weighted by Gasteiger charge is 2.26. The predicted octanol–water partition coefficient (Wildman–Crippen LogP) is 3.36. The summed E-state index contributed by atoms with van der Waals surface area (Å²) in [6.07, 6.45) is 0.812. The van der Waals surface area contributed by atoms with Crippen LogP contribution in [0.15, 0.2) is 77.7 Å². The highest BCUT2D eigenvalue weighted by molar-refractivity contribution is 7.89. The second-order valence-corrected chi connectivity index (χ2v) is 12.5. The second-order valence-electron chi connectivity index (χ2n) is 10.6. The first-order valence-corrected chi connectivity index (χ1v) is 16.3. The molecule has 3 aromatic rings. The summed E-state index contributed by atoms with van der Waals surface area (Å²) < 4.78 is 33.1. The van der Waals surface area contributed by atoms with Crippen molar-refractivity contribution < 1.29 is 27.9 Å². The number of ether oxygens (including phenoxy) is 1. The summed E-state index contributed by atoms with van der Waals surface area (Å²) in [5.74, 6) is -0.219. The number of sulfonamides is 1. The fourth-order valence-corrected chi connectivity index (χ4v) is 5.66. The monoisotopic (exact) mass is 624 g/mol. The van der Waals surface area contributed by atoms with Crippen LogP contribution in [0.2, 0.25) is 0 Å². The van der Waals surface area contributed by atoms with Gasteiger partial charge in [-0.2, -0.15) is 0 Å². The Morgan fingerprint density at radius 3 is 2.20 bits per heavy atom. The number of rotatable bonds is 17. The summed E-state index contributed by atoms with van der Waals surface area (Å²) in [6, 6.07) is 20.3. The van der Waals surface area contributed by atoms with E-state index >= 15 is 0 Å². The standard InChI is InChI=1S/C33H44N4O6S/c1-5-15-37(16-6-2)33(40)27-19-26(20-29(21-27)44(41,42)34-3)32(39)36-30(18-24-11-8-7-9-12-24)31(38)23-35-22-25-13-10-14-28(17-25)43-4/h7-14,17,19-21,30-31,34-35,38H,5-6,15-16,18,22-23H2,1-4H3,(H,36,39)/t30-,31+/m0/s1. The Labute approximate surface area is 260 Å². The van der Waals surface area contributed by atoms with Gasteiger partial charge < -0.3 is 25.4 Å². The fourth-order valence-electron chi connectivity index (χ4n) is 4.86. The molecule has 2 amide bonds. The van der Waals surface area contributed by atoms with Gasteiger partial charge >= 0.3 is 0 Å². The zero-order chi connectivity index (χ0) is 32.1. The van der Waals surface area contributed by atoms with Crippen molar-refractivity contribution in [2.45, 2.75) is 56.7 Å². The molecule has 10 nitrogen and oxygen atoms in total. The molecule has 0 saturated carbocycles. The summed E-state index contributed by atoms with van der Waals surface area (Å²) in [4.78, 5) is 28.6. The highest BCUT2D eigenvalue weighted by atomic mass is 32.2. The zero-order valence-corrected chi connectivity index (χ0v) is 26.7. The molecule has 44 heavy (non-hydrogen) atoms. The number of hydrogen-bond donors (Lipinski definition) is 4. The van der Waals surface area contributed by atoms with E-state index in [1.165, 1.54) is 25.2 Å². The van der Waals surface area contributed by atoms with Crippen LogP contribution in [0.5, 0.6) is 5.75 Å². The molecule has 0 radical (unpaired) electrons. The van der Waals surface area contributed by atoms with Crippen LogP contribution in [0.4, 0.5) is 0 Å². The maximum Gasteiger partial charge on any atom is 0.253 e. The molecule has 0 aliphatic carbocycles. The molecule has 3 rings (SSSR count). The topological polar surface area (TPSA) is 137 Å². The third-order valence-corrected chi connectivity index (χ3v) is 8.56. The number of nitrogens with zero attached hydrogens (tertiary/aromatic N) is 1. The Morgan fingerprint density at radius 2 is 1.57 bits per heavy atom. The van der Waals surface area contributed by atoms with Gasteiger partial charge in [0.05, 0.1) is 24.2 Å². The number of hydrogen-bond acceptors (Lipinski definition) is 7. The Morgan fingerprint density at radius 1 is 0.909 bits per heavy atom. The summed E-state index contributed by atoms with van der Waals surface area (Å²) in [7, 11) is -1.09. The minimum Gasteiger partial charge on any atom is -0.497 e. The Kier molecular flexibility index (Phi) is 13.3. The number of methoxy groups -OCH3 is 1. The van der Waals surface area contributed by atoms with Gasteiger partial charge in [-0.1, -0.05) is 56.3 Å². The van der Waals surface area contributed by atoms with Gasteiger partial charge in [0.2, 0.25) is 10.0 Å². The smallest absolute Gasteiger partial charge is 0.253 e. The lowest BCUT2D eigenvalue weighted by molar-refractivity contribution is 0.0755. The molecule has 0 aliphatic heterocycles. The molecule has 238 valence electrons. The molecule has 0 fully saturated rings. The van der Waals surface area contributed by atoms with E-state index < -0.39 is 28.1 Å². The molecule has 0 bridgehead atoms. The van der Waals surface area contributed by atoms with Gasteiger partial charge in [0.25, 0.3) is 11.8 Å². The minimum atomic E-state index is -3.97. The van der Waals surface area contributed by atoms with Crippen LogP contribution in [0.1, 0.15) is 58.5 Å². The van der Waals surface area contributed by atoms with E-state index in [0.29, 0.717) is 26.1 Å². The van der Waals surface area contributed by atoms with E-state index in [-0.39, 0.29) is 28.5 Å². The molecule has 0 heterocycles. The summed E-state index contributed by atoms with van der Waals surface area (Å²) in [6.45, 7) is 5.58. The first-order valence-electron chi connectivity index (χ1n) is 14.9. The van der Waals surface area contributed by atoms with Crippen molar-refractivity contribution in [2.24, 2.45) is 0 Å². The van der Waals surface area contributed by atoms with E-state index in [1.54, 1.807) is 12.0 Å². The van der Waals surface area contributed by atoms with Crippen LogP contribution < -0.4 is 20.1 Å². The van der Waals surface area contributed by atoms with Crippen molar-refractivity contribution in [2.75, 3.05) is 33.8 Å². The second kappa shape index (κ2) is 16.9. The van der Waals surface area contributed by atoms with Crippen molar-refractivity contribution >= 4 is 21.8 Å². The number of carbonyl (C=O) groups is 2. The summed E-state index contributed by atoms with van der Waals surface area (Å²) in [5.41, 5.74) is 1.99. The maximum atomic E-state index is 13.7. The molecule has 0 spiro atoms. The van der Waals surface area contributed by atoms with Crippen LogP contribution in [-0.4, -0.2) is 76.2 Å². The third-order valence-electron chi connectivity index (χ3n) is 7.17. The molecule has 2 atom stereocenters. The first-order chi connectivity index (χ1) is 21.1. The number of carbonyl (C=O) groups excluding carboxylic acids is 2. The molecular formula is C33H44N4O6S. The SMILES string of the molecule is CCCN(CCC)C(=O)c1cc(C(=O)N[C@@H](Cc2ccccc2)[C@H](O)CNCc2cccc(OC)c2)cc(S(=O)(=O)NC)c1. The summed E-state index contributed by atoms with van der Waals surface area (Å²) in [5, 5.41) is 17.4. The molecule has 11 heteroatoms. The van der Waals surface area contributed by atoms with Crippen molar-refractivity contribution in [1.29, 1.82) is 0 Å². The molecule has 3 aromatic carbocycles. The lowest BCUT2D eigenvalue weighted by Gasteiger charge is -2.25. The molecule has 0 saturated heterocycles. The average Bonchev–Trinajstić information content (AvgIpc) is 3.04. The molecule has 4 N–H and O–H groups in total. The van der Waals surface area contributed by atoms with E-state index in [1.807, 2.05) is 68.4 Å². The molecule has 0 aromatic heterocycles. The first kappa shape index (κ1) is 34.7. The number of aliphatic hydroxyl groups is 1. The lowest BCUT2D eigenvalue weighted by atomic mass is 10.00. The van der Waals surface area contributed by atoms with Gasteiger partial charge in [-0.25, -0.2) is 13.1 Å². The molecule has 0 aliphatic rings. The van der Waals surface area contributed by atoms with Crippen molar-refractivity contribution in [1.82, 2.24) is 20.3 Å². The highest BCUT2D eigenvalue weighted by Crippen LogP contribution is 2.19. The normalized spacial score (nSPS) is 12.8. The Balaban J connectivity index is 1.88. The number of aliphatic hydroxyl groups excluding tert-OH is 1. The number of amides is 2. The Hall–Kier alpha value is -3.77. The van der Waals surface area contributed by atoms with Crippen molar-refractivity contribution in [3.8, 4) is 5.75 Å². The van der Waals surface area contributed by atoms with E-state index in [9.17, 15) is 23.1 Å². The van der Waals surface area contributed by atoms with Crippen LogP contribution in [0.25, 0.3) is 0 Å².